The van der Waals surface area contributed by atoms with Crippen LogP contribution in [0, 0.1) is 0 Å². The Labute approximate surface area is 413 Å². The Morgan fingerprint density at radius 2 is 0.718 bits per heavy atom. The lowest BCUT2D eigenvalue weighted by Crippen LogP contribution is -2.29. The Morgan fingerprint density at radius 3 is 1.42 bits per heavy atom. The van der Waals surface area contributed by atoms with Gasteiger partial charge in [-0.3, -0.25) is 0 Å². The minimum atomic E-state index is -0.655. The molecule has 0 amide bonds. The summed E-state index contributed by atoms with van der Waals surface area (Å²) in [5, 5.41) is 5.14. The largest absolute Gasteiger partial charge is 0.310 e. The van der Waals surface area contributed by atoms with Crippen LogP contribution >= 0.6 is 0 Å². The normalized spacial score (nSPS) is 14.5. The van der Waals surface area contributed by atoms with Gasteiger partial charge in [0.15, 0.2) is 0 Å². The predicted octanol–water partition coefficient (Wildman–Crippen LogP) is 18.6. The first kappa shape index (κ1) is 39.7. The van der Waals surface area contributed by atoms with Crippen molar-refractivity contribution in [3.8, 4) is 55.6 Å². The summed E-state index contributed by atoms with van der Waals surface area (Å²) in [5.41, 5.74) is 23.6. The van der Waals surface area contributed by atoms with E-state index in [1.165, 1.54) is 99.4 Å². The molecular formula is C69H44N2. The minimum Gasteiger partial charge on any atom is -0.310 e. The molecule has 1 unspecified atom stereocenters. The number of benzene rings is 12. The van der Waals surface area contributed by atoms with E-state index in [9.17, 15) is 0 Å². The van der Waals surface area contributed by atoms with Crippen molar-refractivity contribution in [2.75, 3.05) is 9.80 Å². The number of hydrogen-bond acceptors (Lipinski definition) is 2. The van der Waals surface area contributed by atoms with Gasteiger partial charge in [-0.1, -0.05) is 212 Å². The maximum atomic E-state index is 2.49. The lowest BCUT2D eigenvalue weighted by Gasteiger charge is -2.37. The third-order valence-electron chi connectivity index (χ3n) is 15.6. The monoisotopic (exact) mass is 900 g/mol. The van der Waals surface area contributed by atoms with E-state index in [2.05, 4.69) is 277 Å². The second kappa shape index (κ2) is 15.4. The summed E-state index contributed by atoms with van der Waals surface area (Å²) in [6, 6.07) is 99.6. The molecule has 1 aliphatic heterocycles. The lowest BCUT2D eigenvalue weighted by atomic mass is 9.64. The van der Waals surface area contributed by atoms with E-state index in [-0.39, 0.29) is 0 Å². The van der Waals surface area contributed by atoms with Gasteiger partial charge in [0.05, 0.1) is 16.8 Å². The highest BCUT2D eigenvalue weighted by molar-refractivity contribution is 6.20. The summed E-state index contributed by atoms with van der Waals surface area (Å²) >= 11 is 0. The van der Waals surface area contributed by atoms with E-state index in [1.54, 1.807) is 0 Å². The van der Waals surface area contributed by atoms with E-state index in [1.807, 2.05) is 0 Å². The quantitative estimate of drug-likeness (QED) is 0.162. The average Bonchev–Trinajstić information content (AvgIpc) is 3.63. The fourth-order valence-electron chi connectivity index (χ4n) is 12.8. The van der Waals surface area contributed by atoms with Crippen molar-refractivity contribution in [1.82, 2.24) is 0 Å². The summed E-state index contributed by atoms with van der Waals surface area (Å²) < 4.78 is 0. The van der Waals surface area contributed by atoms with E-state index < -0.39 is 5.41 Å². The van der Waals surface area contributed by atoms with Crippen molar-refractivity contribution < 1.29 is 0 Å². The Morgan fingerprint density at radius 1 is 0.268 bits per heavy atom. The Hall–Kier alpha value is -9.24. The predicted molar refractivity (Wildman–Crippen MR) is 297 cm³/mol. The van der Waals surface area contributed by atoms with Crippen LogP contribution in [0.1, 0.15) is 22.3 Å². The van der Waals surface area contributed by atoms with E-state index in [4.69, 9.17) is 0 Å². The van der Waals surface area contributed by atoms with Gasteiger partial charge in [0, 0.05) is 33.9 Å². The SMILES string of the molecule is c1ccc(N(c2ccc3c(c2)-c2ccccc2-c2ccccc2C32c3ccccc3-c3c2c2ccccc2c2ccccc32)c2ccc3c(c2)N(c2ccccc2)c2ccccc2-c2ccccc2-3)cc1. The molecule has 0 aromatic heterocycles. The first-order valence-corrected chi connectivity index (χ1v) is 24.7. The van der Waals surface area contributed by atoms with Gasteiger partial charge in [-0.05, 0) is 143 Å². The van der Waals surface area contributed by atoms with E-state index in [0.29, 0.717) is 0 Å². The third-order valence-corrected chi connectivity index (χ3v) is 15.6. The van der Waals surface area contributed by atoms with Gasteiger partial charge in [-0.2, -0.15) is 0 Å². The topological polar surface area (TPSA) is 6.48 Å². The van der Waals surface area contributed by atoms with Crippen LogP contribution in [0.15, 0.2) is 267 Å². The van der Waals surface area contributed by atoms with Gasteiger partial charge >= 0.3 is 0 Å². The maximum Gasteiger partial charge on any atom is 0.0731 e. The minimum absolute atomic E-state index is 0.655. The van der Waals surface area contributed by atoms with Gasteiger partial charge in [0.2, 0.25) is 0 Å². The average molecular weight is 901 g/mol. The maximum absolute atomic E-state index is 2.49. The van der Waals surface area contributed by atoms with Gasteiger partial charge in [-0.15, -0.1) is 0 Å². The first-order chi connectivity index (χ1) is 35.3. The molecule has 71 heavy (non-hydrogen) atoms. The zero-order chi connectivity index (χ0) is 46.6. The Balaban J connectivity index is 1.04. The number of fused-ring (bicyclic) bond motifs is 22. The van der Waals surface area contributed by atoms with Crippen LogP contribution in [-0.2, 0) is 5.41 Å². The number of hydrogen-bond donors (Lipinski definition) is 0. The molecule has 2 heteroatoms. The third kappa shape index (κ3) is 5.59. The molecule has 0 saturated carbocycles. The molecule has 0 fully saturated rings. The van der Waals surface area contributed by atoms with Crippen molar-refractivity contribution in [1.29, 1.82) is 0 Å². The molecule has 0 bridgehead atoms. The van der Waals surface area contributed by atoms with Crippen molar-refractivity contribution in [3.05, 3.63) is 289 Å². The second-order valence-electron chi connectivity index (χ2n) is 19.1. The van der Waals surface area contributed by atoms with Crippen LogP contribution in [0.25, 0.3) is 77.2 Å². The highest BCUT2D eigenvalue weighted by Crippen LogP contribution is 2.65. The van der Waals surface area contributed by atoms with Crippen molar-refractivity contribution in [2.45, 2.75) is 5.41 Å². The molecule has 0 radical (unpaired) electrons. The Bertz CT molecular complexity index is 4130. The summed E-state index contributed by atoms with van der Waals surface area (Å²) in [6.45, 7) is 0. The molecule has 15 rings (SSSR count). The first-order valence-electron chi connectivity index (χ1n) is 24.7. The smallest absolute Gasteiger partial charge is 0.0731 e. The van der Waals surface area contributed by atoms with Crippen LogP contribution in [-0.4, -0.2) is 0 Å². The Kier molecular flexibility index (Phi) is 8.61. The summed E-state index contributed by atoms with van der Waals surface area (Å²) in [6.07, 6.45) is 0. The van der Waals surface area contributed by atoms with Crippen molar-refractivity contribution >= 4 is 55.7 Å². The lowest BCUT2D eigenvalue weighted by molar-refractivity contribution is 0.783. The summed E-state index contributed by atoms with van der Waals surface area (Å²) in [5.74, 6) is 0. The molecular weight excluding hydrogens is 857 g/mol. The molecule has 1 heterocycles. The molecule has 2 aliphatic carbocycles. The number of para-hydroxylation sites is 3. The second-order valence-corrected chi connectivity index (χ2v) is 19.1. The van der Waals surface area contributed by atoms with Crippen LogP contribution in [0.5, 0.6) is 0 Å². The standard InChI is InChI=1S/C69H44N2/c1-3-21-45(22-4-1)70(48-39-41-57-51-27-9-8-26-50(51)56-32-17-20-38-65(56)71(66(57)44-48)46-23-5-2-6-24-46)47-40-42-64-61(43-47)54-30-10-7-25-49(54)55-31-15-18-36-62(55)69(64)63-37-19-16-35-60(63)67-58-33-13-11-28-52(58)53-29-12-14-34-59(53)68(67)69/h1-44H. The molecule has 0 saturated heterocycles. The van der Waals surface area contributed by atoms with Gasteiger partial charge < -0.3 is 9.80 Å². The fourth-order valence-corrected chi connectivity index (χ4v) is 12.8. The van der Waals surface area contributed by atoms with Crippen molar-refractivity contribution in [2.24, 2.45) is 0 Å². The summed E-state index contributed by atoms with van der Waals surface area (Å²) in [7, 11) is 0. The van der Waals surface area contributed by atoms with Gasteiger partial charge in [-0.25, -0.2) is 0 Å². The van der Waals surface area contributed by atoms with E-state index in [0.717, 1.165) is 34.1 Å². The number of anilines is 6. The molecule has 12 aromatic carbocycles. The van der Waals surface area contributed by atoms with Crippen molar-refractivity contribution in [3.63, 3.8) is 0 Å². The number of nitrogens with zero attached hydrogens (tertiary/aromatic N) is 2. The molecule has 330 valence electrons. The molecule has 1 atom stereocenters. The summed E-state index contributed by atoms with van der Waals surface area (Å²) in [4.78, 5) is 4.91. The fraction of sp³-hybridized carbons (Fsp3) is 0.0145. The van der Waals surface area contributed by atoms with Crippen LogP contribution < -0.4 is 9.80 Å². The molecule has 1 spiro atoms. The number of rotatable bonds is 4. The molecule has 12 aromatic rings. The zero-order valence-corrected chi connectivity index (χ0v) is 38.8. The highest BCUT2D eigenvalue weighted by Gasteiger charge is 2.51. The van der Waals surface area contributed by atoms with Gasteiger partial charge in [0.25, 0.3) is 0 Å². The van der Waals surface area contributed by atoms with Gasteiger partial charge in [0.1, 0.15) is 0 Å². The molecule has 0 N–H and O–H groups in total. The molecule has 3 aliphatic rings. The molecule has 2 nitrogen and oxygen atoms in total. The van der Waals surface area contributed by atoms with Crippen LogP contribution in [0.4, 0.5) is 34.1 Å². The highest BCUT2D eigenvalue weighted by atomic mass is 15.2. The van der Waals surface area contributed by atoms with Crippen LogP contribution in [0.2, 0.25) is 0 Å². The van der Waals surface area contributed by atoms with E-state index >= 15 is 0 Å². The van der Waals surface area contributed by atoms with Crippen LogP contribution in [0.3, 0.4) is 0 Å². The zero-order valence-electron chi connectivity index (χ0n) is 38.8.